The second-order valence-corrected chi connectivity index (χ2v) is 8.72. The first kappa shape index (κ1) is 18.9. The van der Waals surface area contributed by atoms with E-state index in [1.54, 1.807) is 11.8 Å². The third kappa shape index (κ3) is 3.72. The number of nitrogens with one attached hydrogen (secondary N) is 2. The van der Waals surface area contributed by atoms with E-state index in [9.17, 15) is 0 Å². The number of pyridine rings is 1. The predicted molar refractivity (Wildman–Crippen MR) is 125 cm³/mol. The van der Waals surface area contributed by atoms with Gasteiger partial charge in [0.05, 0.1) is 5.52 Å². The molecule has 0 aliphatic heterocycles. The summed E-state index contributed by atoms with van der Waals surface area (Å²) in [6.07, 6.45) is 6.74. The van der Waals surface area contributed by atoms with E-state index in [4.69, 9.17) is 5.73 Å². The third-order valence-corrected chi connectivity index (χ3v) is 6.56. The van der Waals surface area contributed by atoms with Crippen LogP contribution >= 0.6 is 11.8 Å². The zero-order valence-corrected chi connectivity index (χ0v) is 17.5. The van der Waals surface area contributed by atoms with Crippen LogP contribution in [-0.4, -0.2) is 32.0 Å². The second kappa shape index (κ2) is 7.97. The summed E-state index contributed by atoms with van der Waals surface area (Å²) in [4.78, 5) is 8.91. The van der Waals surface area contributed by atoms with Crippen molar-refractivity contribution in [2.75, 3.05) is 5.75 Å². The normalized spacial score (nSPS) is 12.6. The van der Waals surface area contributed by atoms with Gasteiger partial charge in [0.15, 0.2) is 0 Å². The van der Waals surface area contributed by atoms with Crippen LogP contribution in [0.15, 0.2) is 72.0 Å². The van der Waals surface area contributed by atoms with Gasteiger partial charge >= 0.3 is 0 Å². The van der Waals surface area contributed by atoms with E-state index in [2.05, 4.69) is 62.8 Å². The molecule has 30 heavy (non-hydrogen) atoms. The molecule has 4 N–H and O–H groups in total. The quantitative estimate of drug-likeness (QED) is 0.339. The van der Waals surface area contributed by atoms with E-state index < -0.39 is 0 Å². The maximum absolute atomic E-state index is 6.45. The Labute approximate surface area is 179 Å². The van der Waals surface area contributed by atoms with Crippen LogP contribution in [0.4, 0.5) is 0 Å². The minimum absolute atomic E-state index is 0.0720. The van der Waals surface area contributed by atoms with Gasteiger partial charge in [0, 0.05) is 62.8 Å². The molecule has 0 fully saturated rings. The lowest BCUT2D eigenvalue weighted by molar-refractivity contribution is 0.752. The molecule has 3 aromatic heterocycles. The molecule has 6 heteroatoms. The topological polar surface area (TPSA) is 83.4 Å². The van der Waals surface area contributed by atoms with Crippen molar-refractivity contribution in [1.82, 2.24) is 20.2 Å². The molecule has 5 nitrogen and oxygen atoms in total. The van der Waals surface area contributed by atoms with Crippen molar-refractivity contribution in [3.8, 4) is 11.1 Å². The maximum Gasteiger partial charge on any atom is 0.0924 e. The Kier molecular flexibility index (Phi) is 5.02. The van der Waals surface area contributed by atoms with Crippen molar-refractivity contribution < 1.29 is 0 Å². The molecule has 0 unspecified atom stereocenters. The number of nitrogens with two attached hydrogens (primary N) is 1. The zero-order valence-electron chi connectivity index (χ0n) is 16.7. The lowest BCUT2D eigenvalue weighted by atomic mass is 10.1. The predicted octanol–water partition coefficient (Wildman–Crippen LogP) is 5.08. The Morgan fingerprint density at radius 1 is 1.03 bits per heavy atom. The van der Waals surface area contributed by atoms with Gasteiger partial charge in [0.1, 0.15) is 0 Å². The van der Waals surface area contributed by atoms with Crippen LogP contribution in [0.5, 0.6) is 0 Å². The van der Waals surface area contributed by atoms with Crippen molar-refractivity contribution in [1.29, 1.82) is 0 Å². The minimum atomic E-state index is 0.0720. The molecule has 3 heterocycles. The highest BCUT2D eigenvalue weighted by molar-refractivity contribution is 7.99. The number of fused-ring (bicyclic) bond motifs is 2. The number of H-pyrrole nitrogens is 2. The number of hydrogen-bond donors (Lipinski definition) is 3. The summed E-state index contributed by atoms with van der Waals surface area (Å²) in [6.45, 7) is 2.04. The van der Waals surface area contributed by atoms with Crippen LogP contribution in [0.3, 0.4) is 0 Å². The molecular formula is C24H23N5S. The van der Waals surface area contributed by atoms with Crippen molar-refractivity contribution >= 4 is 33.6 Å². The minimum Gasteiger partial charge on any atom is -0.361 e. The van der Waals surface area contributed by atoms with Gasteiger partial charge in [-0.05, 0) is 48.7 Å². The Hall–Kier alpha value is -3.09. The summed E-state index contributed by atoms with van der Waals surface area (Å²) in [5.74, 6) is 0.838. The molecule has 2 aromatic carbocycles. The smallest absolute Gasteiger partial charge is 0.0924 e. The first-order chi connectivity index (χ1) is 14.7. The van der Waals surface area contributed by atoms with Crippen LogP contribution in [0.2, 0.25) is 0 Å². The number of aryl methyl sites for hydroxylation is 1. The zero-order chi connectivity index (χ0) is 20.5. The van der Waals surface area contributed by atoms with Gasteiger partial charge in [-0.2, -0.15) is 5.10 Å². The molecule has 1 atom stereocenters. The van der Waals surface area contributed by atoms with Crippen molar-refractivity contribution in [3.63, 3.8) is 0 Å². The first-order valence-electron chi connectivity index (χ1n) is 10.0. The van der Waals surface area contributed by atoms with Crippen molar-refractivity contribution in [2.24, 2.45) is 5.73 Å². The van der Waals surface area contributed by atoms with Gasteiger partial charge in [-0.1, -0.05) is 24.3 Å². The highest BCUT2D eigenvalue weighted by Crippen LogP contribution is 2.28. The molecular weight excluding hydrogens is 390 g/mol. The molecule has 0 radical (unpaired) electrons. The van der Waals surface area contributed by atoms with Gasteiger partial charge in [-0.25, -0.2) is 0 Å². The number of aromatic nitrogens is 4. The fourth-order valence-corrected chi connectivity index (χ4v) is 4.69. The average molecular weight is 414 g/mol. The second-order valence-electron chi connectivity index (χ2n) is 7.62. The highest BCUT2D eigenvalue weighted by Gasteiger charge is 2.11. The maximum atomic E-state index is 6.45. The van der Waals surface area contributed by atoms with E-state index in [0.717, 1.165) is 50.3 Å². The molecule has 0 aliphatic rings. The average Bonchev–Trinajstić information content (AvgIpc) is 3.36. The molecule has 0 bridgehead atoms. The van der Waals surface area contributed by atoms with Crippen LogP contribution in [0.1, 0.15) is 11.3 Å². The van der Waals surface area contributed by atoms with E-state index >= 15 is 0 Å². The Balaban J connectivity index is 1.29. The highest BCUT2D eigenvalue weighted by atomic mass is 32.2. The Morgan fingerprint density at radius 2 is 1.93 bits per heavy atom. The van der Waals surface area contributed by atoms with Gasteiger partial charge in [-0.15, -0.1) is 11.8 Å². The molecule has 0 saturated carbocycles. The first-order valence-corrected chi connectivity index (χ1v) is 11.0. The van der Waals surface area contributed by atoms with Crippen molar-refractivity contribution in [2.45, 2.75) is 24.3 Å². The van der Waals surface area contributed by atoms with E-state index in [1.165, 1.54) is 10.9 Å². The standard InChI is InChI=1S/C24H23N5S/c1-15-22-10-16(6-7-24(22)29-28-15)17-9-20(13-26-11-17)30-14-19(25)8-18-12-27-23-5-3-2-4-21(18)23/h2-7,9-13,19,27H,8,14,25H2,1H3,(H,28,29)/t19-/m0/s1. The number of thioether (sulfide) groups is 1. The molecule has 150 valence electrons. The number of hydrogen-bond acceptors (Lipinski definition) is 4. The lowest BCUT2D eigenvalue weighted by Gasteiger charge is -2.11. The van der Waals surface area contributed by atoms with Gasteiger partial charge in [0.25, 0.3) is 0 Å². The van der Waals surface area contributed by atoms with E-state index in [0.29, 0.717) is 0 Å². The monoisotopic (exact) mass is 413 g/mol. The van der Waals surface area contributed by atoms with Crippen LogP contribution in [-0.2, 0) is 6.42 Å². The van der Waals surface area contributed by atoms with E-state index in [1.807, 2.05) is 31.5 Å². The summed E-state index contributed by atoms with van der Waals surface area (Å²) < 4.78 is 0. The van der Waals surface area contributed by atoms with Crippen molar-refractivity contribution in [3.05, 3.63) is 78.4 Å². The molecule has 0 saturated heterocycles. The largest absolute Gasteiger partial charge is 0.361 e. The fourth-order valence-electron chi connectivity index (χ4n) is 3.82. The summed E-state index contributed by atoms with van der Waals surface area (Å²) in [7, 11) is 0. The summed E-state index contributed by atoms with van der Waals surface area (Å²) in [5, 5.41) is 9.75. The van der Waals surface area contributed by atoms with E-state index in [-0.39, 0.29) is 6.04 Å². The lowest BCUT2D eigenvalue weighted by Crippen LogP contribution is -2.25. The molecule has 5 rings (SSSR count). The van der Waals surface area contributed by atoms with Gasteiger partial charge in [0.2, 0.25) is 0 Å². The fraction of sp³-hybridized carbons (Fsp3) is 0.167. The molecule has 0 aliphatic carbocycles. The number of para-hydroxylation sites is 1. The molecule has 5 aromatic rings. The number of aromatic amines is 2. The van der Waals surface area contributed by atoms with Crippen LogP contribution < -0.4 is 5.73 Å². The number of rotatable bonds is 6. The summed E-state index contributed by atoms with van der Waals surface area (Å²) in [6, 6.07) is 16.9. The Bertz CT molecular complexity index is 1320. The number of benzene rings is 2. The molecule has 0 spiro atoms. The van der Waals surface area contributed by atoms with Gasteiger partial charge in [-0.3, -0.25) is 10.1 Å². The molecule has 0 amide bonds. The summed E-state index contributed by atoms with van der Waals surface area (Å²) >= 11 is 1.76. The van der Waals surface area contributed by atoms with Gasteiger partial charge < -0.3 is 10.7 Å². The number of nitrogens with zero attached hydrogens (tertiary/aromatic N) is 2. The SMILES string of the molecule is Cc1[nH]nc2ccc(-c3cncc(SC[C@@H](N)Cc4c[nH]c5ccccc45)c3)cc12. The third-order valence-electron chi connectivity index (χ3n) is 5.41. The van der Waals surface area contributed by atoms with Crippen LogP contribution in [0, 0.1) is 6.92 Å². The van der Waals surface area contributed by atoms with Crippen LogP contribution in [0.25, 0.3) is 32.9 Å². The Morgan fingerprint density at radius 3 is 2.87 bits per heavy atom. The summed E-state index contributed by atoms with van der Waals surface area (Å²) in [5.41, 5.74) is 13.2.